The number of benzene rings is 1. The highest BCUT2D eigenvalue weighted by molar-refractivity contribution is 5.94. The number of nitrogens with one attached hydrogen (secondary N) is 1. The van der Waals surface area contributed by atoms with Crippen LogP contribution >= 0.6 is 0 Å². The van der Waals surface area contributed by atoms with Crippen LogP contribution in [-0.2, 0) is 9.53 Å². The van der Waals surface area contributed by atoms with Crippen LogP contribution in [0.3, 0.4) is 0 Å². The van der Waals surface area contributed by atoms with Crippen LogP contribution in [-0.4, -0.2) is 37.7 Å². The summed E-state index contributed by atoms with van der Waals surface area (Å²) < 4.78 is 10.8. The predicted octanol–water partition coefficient (Wildman–Crippen LogP) is 2.06. The summed E-state index contributed by atoms with van der Waals surface area (Å²) >= 11 is 0. The number of amides is 1. The number of hydrogen-bond acceptors (Lipinski definition) is 5. The standard InChI is InChI=1S/C19H22N2O4/c22-18-11-16(14-6-1-2-8-17(14)25-18)21-9-3-7-15(21)19(23)20-12-13-5-4-10-24-13/h1-2,6,8,11,13,15H,3-5,7,9-10,12H2,(H,20,23)/t13?,15-/m0/s1. The Hall–Kier alpha value is -2.34. The molecule has 132 valence electrons. The van der Waals surface area contributed by atoms with Gasteiger partial charge in [-0.05, 0) is 37.8 Å². The molecule has 1 unspecified atom stereocenters. The van der Waals surface area contributed by atoms with Crippen LogP contribution in [0.5, 0.6) is 0 Å². The molecule has 0 radical (unpaired) electrons. The molecule has 0 bridgehead atoms. The van der Waals surface area contributed by atoms with Gasteiger partial charge in [-0.15, -0.1) is 0 Å². The van der Waals surface area contributed by atoms with E-state index >= 15 is 0 Å². The van der Waals surface area contributed by atoms with E-state index < -0.39 is 0 Å². The van der Waals surface area contributed by atoms with E-state index in [1.165, 1.54) is 6.07 Å². The SMILES string of the molecule is O=C(NCC1CCCO1)[C@@H]1CCCN1c1cc(=O)oc2ccccc12. The van der Waals surface area contributed by atoms with E-state index in [1.54, 1.807) is 6.07 Å². The fraction of sp³-hybridized carbons (Fsp3) is 0.474. The molecule has 6 nitrogen and oxygen atoms in total. The van der Waals surface area contributed by atoms with Crippen molar-refractivity contribution in [1.82, 2.24) is 5.32 Å². The minimum absolute atomic E-state index is 0.00493. The Balaban J connectivity index is 1.57. The van der Waals surface area contributed by atoms with E-state index in [1.807, 2.05) is 23.1 Å². The Kier molecular flexibility index (Phi) is 4.44. The lowest BCUT2D eigenvalue weighted by Gasteiger charge is -2.27. The molecule has 2 aliphatic rings. The molecule has 3 heterocycles. The number of anilines is 1. The largest absolute Gasteiger partial charge is 0.423 e. The molecule has 0 aliphatic carbocycles. The van der Waals surface area contributed by atoms with Crippen LogP contribution in [0.2, 0.25) is 0 Å². The van der Waals surface area contributed by atoms with Gasteiger partial charge in [0.1, 0.15) is 11.6 Å². The topological polar surface area (TPSA) is 71.8 Å². The highest BCUT2D eigenvalue weighted by Gasteiger charge is 2.32. The van der Waals surface area contributed by atoms with E-state index in [0.717, 1.165) is 49.9 Å². The van der Waals surface area contributed by atoms with Gasteiger partial charge in [0.2, 0.25) is 5.91 Å². The number of hydrogen-bond donors (Lipinski definition) is 1. The molecule has 0 saturated carbocycles. The van der Waals surface area contributed by atoms with Gasteiger partial charge in [-0.2, -0.15) is 0 Å². The molecule has 25 heavy (non-hydrogen) atoms. The molecule has 1 amide bonds. The Morgan fingerprint density at radius 1 is 1.24 bits per heavy atom. The summed E-state index contributed by atoms with van der Waals surface area (Å²) in [5.41, 5.74) is 0.941. The van der Waals surface area contributed by atoms with E-state index in [9.17, 15) is 9.59 Å². The van der Waals surface area contributed by atoms with Gasteiger partial charge in [0.25, 0.3) is 0 Å². The number of carbonyl (C=O) groups is 1. The first kappa shape index (κ1) is 16.1. The maximum atomic E-state index is 12.7. The zero-order valence-corrected chi connectivity index (χ0v) is 14.1. The molecule has 1 N–H and O–H groups in total. The molecular formula is C19H22N2O4. The van der Waals surface area contributed by atoms with Crippen LogP contribution in [0.25, 0.3) is 11.0 Å². The van der Waals surface area contributed by atoms with Crippen LogP contribution in [0.1, 0.15) is 25.7 Å². The first-order valence-corrected chi connectivity index (χ1v) is 8.91. The highest BCUT2D eigenvalue weighted by Crippen LogP contribution is 2.31. The van der Waals surface area contributed by atoms with E-state index in [0.29, 0.717) is 12.1 Å². The van der Waals surface area contributed by atoms with Crippen molar-refractivity contribution in [3.63, 3.8) is 0 Å². The Morgan fingerprint density at radius 2 is 2.12 bits per heavy atom. The number of nitrogens with zero attached hydrogens (tertiary/aromatic N) is 1. The van der Waals surface area contributed by atoms with Crippen molar-refractivity contribution in [2.24, 2.45) is 0 Å². The zero-order chi connectivity index (χ0) is 17.2. The second-order valence-corrected chi connectivity index (χ2v) is 6.68. The van der Waals surface area contributed by atoms with Gasteiger partial charge in [-0.3, -0.25) is 4.79 Å². The summed E-state index contributed by atoms with van der Waals surface area (Å²) in [4.78, 5) is 26.7. The number of rotatable bonds is 4. The third kappa shape index (κ3) is 3.26. The molecule has 1 aromatic heterocycles. The molecule has 2 saturated heterocycles. The van der Waals surface area contributed by atoms with Gasteiger partial charge in [0.15, 0.2) is 0 Å². The van der Waals surface area contributed by atoms with Crippen molar-refractivity contribution in [3.8, 4) is 0 Å². The molecular weight excluding hydrogens is 320 g/mol. The van der Waals surface area contributed by atoms with Gasteiger partial charge in [0.05, 0.1) is 11.8 Å². The van der Waals surface area contributed by atoms with Crippen molar-refractivity contribution in [1.29, 1.82) is 0 Å². The van der Waals surface area contributed by atoms with Gasteiger partial charge in [0, 0.05) is 31.1 Å². The summed E-state index contributed by atoms with van der Waals surface area (Å²) in [6, 6.07) is 8.69. The minimum Gasteiger partial charge on any atom is -0.423 e. The average molecular weight is 342 g/mol. The first-order chi connectivity index (χ1) is 12.2. The molecule has 2 atom stereocenters. The average Bonchev–Trinajstić information content (AvgIpc) is 3.30. The van der Waals surface area contributed by atoms with Crippen molar-refractivity contribution in [2.45, 2.75) is 37.8 Å². The predicted molar refractivity (Wildman–Crippen MR) is 94.8 cm³/mol. The smallest absolute Gasteiger partial charge is 0.338 e. The second kappa shape index (κ2) is 6.88. The van der Waals surface area contributed by atoms with Gasteiger partial charge < -0.3 is 19.4 Å². The summed E-state index contributed by atoms with van der Waals surface area (Å²) in [5, 5.41) is 3.88. The lowest BCUT2D eigenvalue weighted by Crippen LogP contribution is -2.45. The van der Waals surface area contributed by atoms with Crippen LogP contribution in [0.15, 0.2) is 39.5 Å². The molecule has 4 rings (SSSR count). The van der Waals surface area contributed by atoms with Gasteiger partial charge in [-0.25, -0.2) is 4.79 Å². The summed E-state index contributed by atoms with van der Waals surface area (Å²) in [6.45, 7) is 2.09. The van der Waals surface area contributed by atoms with Crippen LogP contribution < -0.4 is 15.8 Å². The number of carbonyl (C=O) groups excluding carboxylic acids is 1. The summed E-state index contributed by atoms with van der Waals surface area (Å²) in [6.07, 6.45) is 3.89. The van der Waals surface area contributed by atoms with Crippen molar-refractivity contribution in [2.75, 3.05) is 24.6 Å². The Labute approximate surface area is 145 Å². The normalized spacial score (nSPS) is 23.3. The first-order valence-electron chi connectivity index (χ1n) is 8.91. The zero-order valence-electron chi connectivity index (χ0n) is 14.1. The fourth-order valence-corrected chi connectivity index (χ4v) is 3.80. The van der Waals surface area contributed by atoms with Crippen LogP contribution in [0, 0.1) is 0 Å². The van der Waals surface area contributed by atoms with Gasteiger partial charge >= 0.3 is 5.63 Å². The lowest BCUT2D eigenvalue weighted by atomic mass is 10.1. The van der Waals surface area contributed by atoms with Crippen molar-refractivity contribution in [3.05, 3.63) is 40.8 Å². The Morgan fingerprint density at radius 3 is 2.96 bits per heavy atom. The van der Waals surface area contributed by atoms with Crippen LogP contribution in [0.4, 0.5) is 5.69 Å². The monoisotopic (exact) mass is 342 g/mol. The third-order valence-corrected chi connectivity index (χ3v) is 5.02. The molecule has 2 aromatic rings. The lowest BCUT2D eigenvalue weighted by molar-refractivity contribution is -0.122. The van der Waals surface area contributed by atoms with Crippen molar-refractivity contribution >= 4 is 22.6 Å². The summed E-state index contributed by atoms with van der Waals surface area (Å²) in [5.74, 6) is 0.00493. The summed E-state index contributed by atoms with van der Waals surface area (Å²) in [7, 11) is 0. The van der Waals surface area contributed by atoms with E-state index in [2.05, 4.69) is 5.32 Å². The maximum Gasteiger partial charge on any atom is 0.338 e. The number of fused-ring (bicyclic) bond motifs is 1. The maximum absolute atomic E-state index is 12.7. The molecule has 2 aliphatic heterocycles. The van der Waals surface area contributed by atoms with E-state index in [4.69, 9.17) is 9.15 Å². The number of para-hydroxylation sites is 1. The highest BCUT2D eigenvalue weighted by atomic mass is 16.5. The molecule has 6 heteroatoms. The second-order valence-electron chi connectivity index (χ2n) is 6.68. The third-order valence-electron chi connectivity index (χ3n) is 5.02. The molecule has 0 spiro atoms. The number of ether oxygens (including phenoxy) is 1. The Bertz CT molecular complexity index is 826. The van der Waals surface area contributed by atoms with Crippen molar-refractivity contribution < 1.29 is 13.9 Å². The van der Waals surface area contributed by atoms with E-state index in [-0.39, 0.29) is 23.7 Å². The molecule has 1 aromatic carbocycles. The molecule has 2 fully saturated rings. The quantitative estimate of drug-likeness (QED) is 0.861. The van der Waals surface area contributed by atoms with Gasteiger partial charge in [-0.1, -0.05) is 12.1 Å². The minimum atomic E-state index is -0.390. The fourth-order valence-electron chi connectivity index (χ4n) is 3.80.